The molecule has 1 aliphatic heterocycles. The predicted octanol–water partition coefficient (Wildman–Crippen LogP) is 2.54. The zero-order valence-electron chi connectivity index (χ0n) is 20.3. The van der Waals surface area contributed by atoms with Gasteiger partial charge in [0.25, 0.3) is 0 Å². The molecule has 0 aromatic heterocycles. The van der Waals surface area contributed by atoms with Gasteiger partial charge in [-0.05, 0) is 67.2 Å². The molecule has 2 aromatic rings. The van der Waals surface area contributed by atoms with Crippen LogP contribution in [0.3, 0.4) is 0 Å². The van der Waals surface area contributed by atoms with Crippen LogP contribution in [0.5, 0.6) is 5.75 Å². The van der Waals surface area contributed by atoms with Gasteiger partial charge in [0.05, 0.1) is 12.5 Å². The molecule has 1 saturated heterocycles. The van der Waals surface area contributed by atoms with Crippen LogP contribution in [0.4, 0.5) is 0 Å². The topological polar surface area (TPSA) is 111 Å². The number of nitrogens with two attached hydrogens (primary N) is 2. The molecule has 1 atom stereocenters. The first-order valence-corrected chi connectivity index (χ1v) is 12.1. The Morgan fingerprint density at radius 2 is 1.94 bits per heavy atom. The summed E-state index contributed by atoms with van der Waals surface area (Å²) in [5.41, 5.74) is 14.9. The van der Waals surface area contributed by atoms with E-state index < -0.39 is 17.2 Å². The number of ether oxygens (including phenoxy) is 1. The number of hydrogen-bond acceptors (Lipinski definition) is 5. The molecule has 184 valence electrons. The van der Waals surface area contributed by atoms with Gasteiger partial charge in [-0.2, -0.15) is 0 Å². The van der Waals surface area contributed by atoms with Gasteiger partial charge in [-0.3, -0.25) is 14.5 Å². The number of primary amides is 2. The number of methoxy groups -OCH3 is 1. The highest BCUT2D eigenvalue weighted by Crippen LogP contribution is 2.38. The third-order valence-corrected chi connectivity index (χ3v) is 6.89. The summed E-state index contributed by atoms with van der Waals surface area (Å²) in [5, 5.41) is 3.45. The first-order chi connectivity index (χ1) is 16.9. The molecule has 0 spiro atoms. The van der Waals surface area contributed by atoms with Crippen molar-refractivity contribution in [3.8, 4) is 16.9 Å². The molecule has 7 heteroatoms. The van der Waals surface area contributed by atoms with Crippen LogP contribution in [0, 0.1) is 5.41 Å². The van der Waals surface area contributed by atoms with Gasteiger partial charge in [-0.25, -0.2) is 0 Å². The Morgan fingerprint density at radius 3 is 2.71 bits per heavy atom. The summed E-state index contributed by atoms with van der Waals surface area (Å²) in [4.78, 5) is 26.8. The lowest BCUT2D eigenvalue weighted by Crippen LogP contribution is -2.40. The highest BCUT2D eigenvalue weighted by molar-refractivity contribution is 5.95. The van der Waals surface area contributed by atoms with Crippen LogP contribution in [0.15, 0.2) is 66.3 Å². The summed E-state index contributed by atoms with van der Waals surface area (Å²) in [6, 6.07) is 14.4. The number of carbonyl (C=O) groups excluding carboxylic acids is 2. The van der Waals surface area contributed by atoms with Crippen molar-refractivity contribution in [2.75, 3.05) is 33.3 Å². The lowest BCUT2D eigenvalue weighted by molar-refractivity contribution is -0.125. The van der Waals surface area contributed by atoms with Gasteiger partial charge in [0.1, 0.15) is 5.75 Å². The van der Waals surface area contributed by atoms with Gasteiger partial charge in [0.15, 0.2) is 0 Å². The molecule has 1 aliphatic carbocycles. The molecule has 0 saturated carbocycles. The van der Waals surface area contributed by atoms with Gasteiger partial charge in [-0.1, -0.05) is 42.5 Å². The average molecular weight is 475 g/mol. The summed E-state index contributed by atoms with van der Waals surface area (Å²) in [5.74, 6) is -0.255. The van der Waals surface area contributed by atoms with E-state index in [2.05, 4.69) is 40.5 Å². The van der Waals surface area contributed by atoms with Crippen LogP contribution >= 0.6 is 0 Å². The number of nitrogens with zero attached hydrogens (tertiary/aromatic N) is 1. The Labute approximate surface area is 206 Å². The zero-order valence-corrected chi connectivity index (χ0v) is 20.3. The van der Waals surface area contributed by atoms with E-state index in [1.807, 2.05) is 12.1 Å². The fourth-order valence-electron chi connectivity index (χ4n) is 4.96. The first-order valence-electron chi connectivity index (χ1n) is 12.1. The monoisotopic (exact) mass is 474 g/mol. The van der Waals surface area contributed by atoms with E-state index in [-0.39, 0.29) is 6.42 Å². The summed E-state index contributed by atoms with van der Waals surface area (Å²) in [7, 11) is 1.66. The van der Waals surface area contributed by atoms with Crippen LogP contribution in [-0.2, 0) is 22.6 Å². The molecule has 35 heavy (non-hydrogen) atoms. The van der Waals surface area contributed by atoms with Crippen LogP contribution in [0.2, 0.25) is 0 Å². The van der Waals surface area contributed by atoms with E-state index >= 15 is 0 Å². The van der Waals surface area contributed by atoms with Crippen LogP contribution in [0.25, 0.3) is 11.1 Å². The fourth-order valence-corrected chi connectivity index (χ4v) is 4.96. The number of hydrogen-bond donors (Lipinski definition) is 3. The van der Waals surface area contributed by atoms with Crippen molar-refractivity contribution in [1.82, 2.24) is 10.2 Å². The highest BCUT2D eigenvalue weighted by atomic mass is 16.5. The lowest BCUT2D eigenvalue weighted by Gasteiger charge is -2.30. The summed E-state index contributed by atoms with van der Waals surface area (Å²) >= 11 is 0. The van der Waals surface area contributed by atoms with Crippen molar-refractivity contribution in [3.63, 3.8) is 0 Å². The second-order valence-corrected chi connectivity index (χ2v) is 9.40. The van der Waals surface area contributed by atoms with E-state index in [1.54, 1.807) is 25.3 Å². The maximum atomic E-state index is 12.5. The largest absolute Gasteiger partial charge is 0.496 e. The molecule has 2 amide bonds. The fraction of sp³-hybridized carbons (Fsp3) is 0.357. The molecule has 1 heterocycles. The molecule has 4 rings (SSSR count). The van der Waals surface area contributed by atoms with Crippen molar-refractivity contribution in [2.45, 2.75) is 25.8 Å². The Hall–Kier alpha value is -3.42. The van der Waals surface area contributed by atoms with Crippen molar-refractivity contribution in [2.24, 2.45) is 16.9 Å². The third-order valence-electron chi connectivity index (χ3n) is 6.89. The zero-order chi connectivity index (χ0) is 24.8. The standard InChI is InChI=1S/C28H34N4O3/c1-35-25-9-8-20(17-28(27(30)34)10-3-7-23(18-28)26(29)33)16-24(25)22-6-2-5-21(15-22)19-32-13-4-11-31-12-14-32/h2-3,5-10,15-16,31H,4,11-14,17-19H2,1H3,(H2,29,33)(H2,30,34). The summed E-state index contributed by atoms with van der Waals surface area (Å²) < 4.78 is 5.68. The summed E-state index contributed by atoms with van der Waals surface area (Å²) in [6.45, 7) is 5.10. The van der Waals surface area contributed by atoms with Crippen molar-refractivity contribution >= 4 is 11.8 Å². The Morgan fingerprint density at radius 1 is 1.09 bits per heavy atom. The number of benzene rings is 2. The lowest BCUT2D eigenvalue weighted by atomic mass is 9.73. The molecule has 0 bridgehead atoms. The molecule has 2 aromatic carbocycles. The number of amides is 2. The SMILES string of the molecule is COc1ccc(CC2(C(N)=O)C=CC=C(C(N)=O)C2)cc1-c1cccc(CN2CCCNCC2)c1. The minimum absolute atomic E-state index is 0.190. The normalized spacial score (nSPS) is 20.7. The quantitative estimate of drug-likeness (QED) is 0.545. The molecule has 0 radical (unpaired) electrons. The highest BCUT2D eigenvalue weighted by Gasteiger charge is 2.37. The Balaban J connectivity index is 1.62. The van der Waals surface area contributed by atoms with Gasteiger partial charge in [-0.15, -0.1) is 0 Å². The average Bonchev–Trinajstić information content (AvgIpc) is 3.13. The second kappa shape index (κ2) is 10.9. The first kappa shape index (κ1) is 24.7. The van der Waals surface area contributed by atoms with Crippen molar-refractivity contribution in [3.05, 3.63) is 77.4 Å². The predicted molar refractivity (Wildman–Crippen MR) is 138 cm³/mol. The maximum absolute atomic E-state index is 12.5. The van der Waals surface area contributed by atoms with Crippen LogP contribution in [0.1, 0.15) is 24.0 Å². The number of nitrogens with one attached hydrogen (secondary N) is 1. The van der Waals surface area contributed by atoms with E-state index in [9.17, 15) is 9.59 Å². The molecule has 1 fully saturated rings. The second-order valence-electron chi connectivity index (χ2n) is 9.40. The van der Waals surface area contributed by atoms with Gasteiger partial charge < -0.3 is 21.5 Å². The minimum Gasteiger partial charge on any atom is -0.496 e. The smallest absolute Gasteiger partial charge is 0.244 e. The molecule has 1 unspecified atom stereocenters. The molecule has 5 N–H and O–H groups in total. The number of allylic oxidation sites excluding steroid dienone is 2. The van der Waals surface area contributed by atoms with E-state index in [0.29, 0.717) is 12.0 Å². The van der Waals surface area contributed by atoms with Crippen LogP contribution < -0.4 is 21.5 Å². The van der Waals surface area contributed by atoms with Gasteiger partial charge in [0.2, 0.25) is 11.8 Å². The van der Waals surface area contributed by atoms with E-state index in [0.717, 1.165) is 61.6 Å². The third kappa shape index (κ3) is 5.81. The Bertz CT molecular complexity index is 1150. The molecule has 2 aliphatic rings. The summed E-state index contributed by atoms with van der Waals surface area (Å²) in [6.07, 6.45) is 6.83. The van der Waals surface area contributed by atoms with Gasteiger partial charge >= 0.3 is 0 Å². The molecular weight excluding hydrogens is 440 g/mol. The maximum Gasteiger partial charge on any atom is 0.244 e. The van der Waals surface area contributed by atoms with Crippen molar-refractivity contribution < 1.29 is 14.3 Å². The van der Waals surface area contributed by atoms with E-state index in [4.69, 9.17) is 16.2 Å². The number of carbonyl (C=O) groups is 2. The van der Waals surface area contributed by atoms with Gasteiger partial charge in [0, 0.05) is 30.8 Å². The van der Waals surface area contributed by atoms with Crippen molar-refractivity contribution in [1.29, 1.82) is 0 Å². The molecular formula is C28H34N4O3. The minimum atomic E-state index is -1.01. The Kier molecular flexibility index (Phi) is 7.68. The number of rotatable bonds is 8. The van der Waals surface area contributed by atoms with E-state index in [1.165, 1.54) is 5.56 Å². The van der Waals surface area contributed by atoms with Crippen LogP contribution in [-0.4, -0.2) is 50.0 Å². The molecule has 7 nitrogen and oxygen atoms in total.